The number of aromatic nitrogens is 3. The van der Waals surface area contributed by atoms with Crippen molar-refractivity contribution >= 4 is 11.9 Å². The standard InChI is InChI=1S/C20H39N5O4/c1-2-3-4-5-6-7-8-9-18-21-19(24(10-14-26)11-15-27)23-20(22-18)25(12-16-28)13-17-29/h26-29H,2-17H2,1H3. The molecule has 0 fully saturated rings. The van der Waals surface area contributed by atoms with Gasteiger partial charge in [0.1, 0.15) is 5.82 Å². The van der Waals surface area contributed by atoms with Crippen LogP contribution in [0.1, 0.15) is 57.7 Å². The van der Waals surface area contributed by atoms with Gasteiger partial charge in [-0.25, -0.2) is 0 Å². The highest BCUT2D eigenvalue weighted by molar-refractivity contribution is 5.39. The molecular weight excluding hydrogens is 374 g/mol. The summed E-state index contributed by atoms with van der Waals surface area (Å²) in [5, 5.41) is 37.3. The lowest BCUT2D eigenvalue weighted by Gasteiger charge is -2.25. The van der Waals surface area contributed by atoms with Gasteiger partial charge in [-0.05, 0) is 6.42 Å². The number of aryl methyl sites for hydroxylation is 1. The van der Waals surface area contributed by atoms with Gasteiger partial charge in [0.25, 0.3) is 0 Å². The minimum Gasteiger partial charge on any atom is -0.395 e. The molecule has 0 aromatic carbocycles. The average Bonchev–Trinajstić information content (AvgIpc) is 2.72. The van der Waals surface area contributed by atoms with Crippen molar-refractivity contribution in [2.75, 3.05) is 62.4 Å². The summed E-state index contributed by atoms with van der Waals surface area (Å²) in [5.41, 5.74) is 0. The van der Waals surface area contributed by atoms with Crippen molar-refractivity contribution in [2.24, 2.45) is 0 Å². The van der Waals surface area contributed by atoms with E-state index in [0.29, 0.717) is 50.3 Å². The van der Waals surface area contributed by atoms with Crippen LogP contribution in [-0.2, 0) is 6.42 Å². The Kier molecular flexibility index (Phi) is 14.3. The molecule has 0 saturated heterocycles. The van der Waals surface area contributed by atoms with E-state index in [1.807, 2.05) is 0 Å². The normalized spacial score (nSPS) is 11.1. The van der Waals surface area contributed by atoms with Crippen LogP contribution in [-0.4, -0.2) is 88.0 Å². The zero-order valence-electron chi connectivity index (χ0n) is 17.8. The van der Waals surface area contributed by atoms with Crippen molar-refractivity contribution in [3.63, 3.8) is 0 Å². The lowest BCUT2D eigenvalue weighted by Crippen LogP contribution is -2.35. The average molecular weight is 414 g/mol. The summed E-state index contributed by atoms with van der Waals surface area (Å²) in [4.78, 5) is 17.0. The summed E-state index contributed by atoms with van der Waals surface area (Å²) in [6.07, 6.45) is 9.09. The van der Waals surface area contributed by atoms with Crippen LogP contribution in [0.15, 0.2) is 0 Å². The predicted octanol–water partition coefficient (Wildman–Crippen LogP) is 0.747. The quantitative estimate of drug-likeness (QED) is 0.258. The van der Waals surface area contributed by atoms with E-state index in [2.05, 4.69) is 21.9 Å². The minimum absolute atomic E-state index is 0.0783. The Morgan fingerprint density at radius 3 is 1.41 bits per heavy atom. The topological polar surface area (TPSA) is 126 Å². The zero-order chi connectivity index (χ0) is 21.3. The monoisotopic (exact) mass is 413 g/mol. The molecule has 0 spiro atoms. The van der Waals surface area contributed by atoms with Crippen LogP contribution in [0.3, 0.4) is 0 Å². The number of rotatable bonds is 18. The molecular formula is C20H39N5O4. The largest absolute Gasteiger partial charge is 0.395 e. The number of hydrogen-bond donors (Lipinski definition) is 4. The molecule has 0 aliphatic heterocycles. The third-order valence-corrected chi connectivity index (χ3v) is 4.71. The summed E-state index contributed by atoms with van der Waals surface area (Å²) in [7, 11) is 0. The highest BCUT2D eigenvalue weighted by atomic mass is 16.3. The molecule has 0 saturated carbocycles. The second-order valence-electron chi connectivity index (χ2n) is 7.09. The number of unbranched alkanes of at least 4 members (excludes halogenated alkanes) is 6. The van der Waals surface area contributed by atoms with E-state index in [9.17, 15) is 20.4 Å². The van der Waals surface area contributed by atoms with Crippen LogP contribution in [0.4, 0.5) is 11.9 Å². The van der Waals surface area contributed by atoms with Gasteiger partial charge in [-0.1, -0.05) is 45.4 Å². The molecule has 9 nitrogen and oxygen atoms in total. The van der Waals surface area contributed by atoms with E-state index in [-0.39, 0.29) is 26.4 Å². The highest BCUT2D eigenvalue weighted by Gasteiger charge is 2.17. The van der Waals surface area contributed by atoms with Crippen LogP contribution in [0, 0.1) is 0 Å². The minimum atomic E-state index is -0.0783. The Hall–Kier alpha value is -1.55. The fraction of sp³-hybridized carbons (Fsp3) is 0.850. The van der Waals surface area contributed by atoms with Crippen molar-refractivity contribution in [3.8, 4) is 0 Å². The predicted molar refractivity (Wildman–Crippen MR) is 114 cm³/mol. The van der Waals surface area contributed by atoms with E-state index in [1.54, 1.807) is 9.80 Å². The maximum Gasteiger partial charge on any atom is 0.230 e. The van der Waals surface area contributed by atoms with Crippen molar-refractivity contribution < 1.29 is 20.4 Å². The van der Waals surface area contributed by atoms with Gasteiger partial charge >= 0.3 is 0 Å². The maximum absolute atomic E-state index is 9.33. The molecule has 1 aromatic rings. The number of hydrogen-bond acceptors (Lipinski definition) is 9. The Bertz CT molecular complexity index is 489. The van der Waals surface area contributed by atoms with Gasteiger partial charge in [0.15, 0.2) is 0 Å². The van der Waals surface area contributed by atoms with Gasteiger partial charge in [0.2, 0.25) is 11.9 Å². The summed E-state index contributed by atoms with van der Waals surface area (Å²) in [6, 6.07) is 0. The molecule has 168 valence electrons. The first kappa shape index (κ1) is 25.5. The summed E-state index contributed by atoms with van der Waals surface area (Å²) in [6.45, 7) is 3.12. The van der Waals surface area contributed by atoms with E-state index >= 15 is 0 Å². The SMILES string of the molecule is CCCCCCCCCc1nc(N(CCO)CCO)nc(N(CCO)CCO)n1. The first-order valence-electron chi connectivity index (χ1n) is 10.9. The zero-order valence-corrected chi connectivity index (χ0v) is 17.8. The van der Waals surface area contributed by atoms with Crippen LogP contribution < -0.4 is 9.80 Å². The summed E-state index contributed by atoms with van der Waals surface area (Å²) in [5.74, 6) is 1.45. The van der Waals surface area contributed by atoms with Gasteiger partial charge in [0, 0.05) is 32.6 Å². The molecule has 0 aliphatic rings. The van der Waals surface area contributed by atoms with Crippen LogP contribution >= 0.6 is 0 Å². The lowest BCUT2D eigenvalue weighted by atomic mass is 10.1. The third kappa shape index (κ3) is 10.2. The molecule has 1 aromatic heterocycles. The summed E-state index contributed by atoms with van der Waals surface area (Å²) < 4.78 is 0. The first-order chi connectivity index (χ1) is 14.2. The van der Waals surface area contributed by atoms with Crippen molar-refractivity contribution in [3.05, 3.63) is 5.82 Å². The Morgan fingerprint density at radius 1 is 0.586 bits per heavy atom. The number of aliphatic hydroxyl groups is 4. The molecule has 0 radical (unpaired) electrons. The molecule has 4 N–H and O–H groups in total. The molecule has 0 bridgehead atoms. The van der Waals surface area contributed by atoms with Crippen LogP contribution in [0.2, 0.25) is 0 Å². The second kappa shape index (κ2) is 16.3. The fourth-order valence-electron chi connectivity index (χ4n) is 3.14. The smallest absolute Gasteiger partial charge is 0.230 e. The van der Waals surface area contributed by atoms with Crippen LogP contribution in [0.5, 0.6) is 0 Å². The van der Waals surface area contributed by atoms with Crippen molar-refractivity contribution in [1.82, 2.24) is 15.0 Å². The fourth-order valence-corrected chi connectivity index (χ4v) is 3.14. The van der Waals surface area contributed by atoms with Crippen molar-refractivity contribution in [2.45, 2.75) is 58.3 Å². The molecule has 1 rings (SSSR count). The van der Waals surface area contributed by atoms with Crippen LogP contribution in [0.25, 0.3) is 0 Å². The Morgan fingerprint density at radius 2 is 1.00 bits per heavy atom. The molecule has 0 atom stereocenters. The molecule has 0 amide bonds. The van der Waals surface area contributed by atoms with E-state index in [0.717, 1.165) is 12.8 Å². The van der Waals surface area contributed by atoms with E-state index in [1.165, 1.54) is 32.1 Å². The maximum atomic E-state index is 9.33. The number of aliphatic hydroxyl groups excluding tert-OH is 4. The highest BCUT2D eigenvalue weighted by Crippen LogP contribution is 2.16. The Balaban J connectivity index is 2.91. The third-order valence-electron chi connectivity index (χ3n) is 4.71. The van der Waals surface area contributed by atoms with Gasteiger partial charge in [0.05, 0.1) is 26.4 Å². The first-order valence-corrected chi connectivity index (χ1v) is 10.9. The van der Waals surface area contributed by atoms with Gasteiger partial charge in [-0.3, -0.25) is 0 Å². The van der Waals surface area contributed by atoms with E-state index < -0.39 is 0 Å². The van der Waals surface area contributed by atoms with Crippen molar-refractivity contribution in [1.29, 1.82) is 0 Å². The number of anilines is 2. The Labute approximate surface area is 174 Å². The molecule has 1 heterocycles. The lowest BCUT2D eigenvalue weighted by molar-refractivity contribution is 0.279. The number of nitrogens with zero attached hydrogens (tertiary/aromatic N) is 5. The van der Waals surface area contributed by atoms with Gasteiger partial charge < -0.3 is 30.2 Å². The second-order valence-corrected chi connectivity index (χ2v) is 7.09. The molecule has 0 unspecified atom stereocenters. The van der Waals surface area contributed by atoms with Gasteiger partial charge in [-0.2, -0.15) is 15.0 Å². The molecule has 29 heavy (non-hydrogen) atoms. The van der Waals surface area contributed by atoms with E-state index in [4.69, 9.17) is 0 Å². The molecule has 0 aliphatic carbocycles. The van der Waals surface area contributed by atoms with Gasteiger partial charge in [-0.15, -0.1) is 0 Å². The summed E-state index contributed by atoms with van der Waals surface area (Å²) >= 11 is 0. The molecule has 9 heteroatoms.